The van der Waals surface area contributed by atoms with Crippen molar-refractivity contribution < 1.29 is 29.6 Å². The van der Waals surface area contributed by atoms with Crippen LogP contribution >= 0.6 is 0 Å². The molecule has 0 amide bonds. The van der Waals surface area contributed by atoms with E-state index < -0.39 is 18.2 Å². The molecule has 6 nitrogen and oxygen atoms in total. The van der Waals surface area contributed by atoms with E-state index in [-0.39, 0.29) is 24.5 Å². The van der Waals surface area contributed by atoms with Gasteiger partial charge in [0.15, 0.2) is 0 Å². The number of carboxylic acid groups (broad SMARTS) is 1. The molecule has 0 aliphatic heterocycles. The van der Waals surface area contributed by atoms with Crippen molar-refractivity contribution in [1.82, 2.24) is 0 Å². The third-order valence-corrected chi connectivity index (χ3v) is 3.14. The van der Waals surface area contributed by atoms with Crippen molar-refractivity contribution in [2.45, 2.75) is 26.1 Å². The minimum Gasteiger partial charge on any atom is -0.491 e. The maximum absolute atomic E-state index is 11.6. The topological polar surface area (TPSA) is 96.2 Å². The predicted molar refractivity (Wildman–Crippen MR) is 85.3 cm³/mol. The number of aliphatic hydroxyl groups is 2. The molecule has 0 bridgehead atoms. The Balaban J connectivity index is 2.39. The van der Waals surface area contributed by atoms with Gasteiger partial charge in [0.05, 0.1) is 12.2 Å². The van der Waals surface area contributed by atoms with Gasteiger partial charge in [0.2, 0.25) is 0 Å². The first-order chi connectivity index (χ1) is 10.9. The number of hydrogen-bond donors (Lipinski definition) is 3. The molecule has 2 aromatic carbocycles. The lowest BCUT2D eigenvalue weighted by molar-refractivity contribution is 0.0688. The number of carbonyl (C=O) groups is 1. The molecule has 0 aliphatic rings. The minimum atomic E-state index is -1.10. The van der Waals surface area contributed by atoms with Gasteiger partial charge in [0.1, 0.15) is 30.3 Å². The van der Waals surface area contributed by atoms with Crippen LogP contribution < -0.4 is 9.47 Å². The van der Waals surface area contributed by atoms with Crippen LogP contribution in [-0.2, 0) is 0 Å². The van der Waals surface area contributed by atoms with Crippen molar-refractivity contribution in [2.24, 2.45) is 0 Å². The lowest BCUT2D eigenvalue weighted by atomic mass is 10.0. The largest absolute Gasteiger partial charge is 0.491 e. The van der Waals surface area contributed by atoms with Crippen molar-refractivity contribution in [3.63, 3.8) is 0 Å². The maximum atomic E-state index is 11.6. The lowest BCUT2D eigenvalue weighted by Crippen LogP contribution is -2.15. The van der Waals surface area contributed by atoms with E-state index in [0.717, 1.165) is 0 Å². The molecule has 0 aliphatic carbocycles. The zero-order valence-electron chi connectivity index (χ0n) is 13.0. The van der Waals surface area contributed by atoms with Crippen LogP contribution in [0.3, 0.4) is 0 Å². The monoisotopic (exact) mass is 320 g/mol. The van der Waals surface area contributed by atoms with Gasteiger partial charge in [-0.05, 0) is 43.5 Å². The molecule has 124 valence electrons. The van der Waals surface area contributed by atoms with Crippen molar-refractivity contribution in [1.29, 1.82) is 0 Å². The quantitative estimate of drug-likeness (QED) is 0.722. The smallest absolute Gasteiger partial charge is 0.340 e. The molecule has 2 unspecified atom stereocenters. The number of ether oxygens (including phenoxy) is 2. The van der Waals surface area contributed by atoms with E-state index in [1.54, 1.807) is 44.2 Å². The van der Waals surface area contributed by atoms with Gasteiger partial charge >= 0.3 is 5.97 Å². The summed E-state index contributed by atoms with van der Waals surface area (Å²) in [5.74, 6) is -0.343. The number of fused-ring (bicyclic) bond motifs is 1. The van der Waals surface area contributed by atoms with E-state index >= 15 is 0 Å². The van der Waals surface area contributed by atoms with Crippen LogP contribution in [-0.4, -0.2) is 46.7 Å². The van der Waals surface area contributed by atoms with Gasteiger partial charge in [-0.15, -0.1) is 0 Å². The summed E-state index contributed by atoms with van der Waals surface area (Å²) in [4.78, 5) is 11.6. The summed E-state index contributed by atoms with van der Waals surface area (Å²) < 4.78 is 10.8. The third kappa shape index (κ3) is 4.34. The van der Waals surface area contributed by atoms with E-state index in [0.29, 0.717) is 16.5 Å². The van der Waals surface area contributed by atoms with E-state index in [9.17, 15) is 20.1 Å². The Labute approximate surface area is 133 Å². The second kappa shape index (κ2) is 7.30. The van der Waals surface area contributed by atoms with Crippen LogP contribution in [0.1, 0.15) is 24.2 Å². The lowest BCUT2D eigenvalue weighted by Gasteiger charge is -2.14. The fraction of sp³-hybridized carbons (Fsp3) is 0.353. The first-order valence-electron chi connectivity index (χ1n) is 7.30. The number of aromatic carboxylic acids is 1. The first kappa shape index (κ1) is 17.1. The average molecular weight is 320 g/mol. The third-order valence-electron chi connectivity index (χ3n) is 3.14. The molecule has 6 heteroatoms. The van der Waals surface area contributed by atoms with Crippen molar-refractivity contribution in [3.8, 4) is 11.5 Å². The predicted octanol–water partition coefficient (Wildman–Crippen LogP) is 2.06. The van der Waals surface area contributed by atoms with E-state index in [2.05, 4.69) is 0 Å². The summed E-state index contributed by atoms with van der Waals surface area (Å²) in [5, 5.41) is 29.2. The fourth-order valence-electron chi connectivity index (χ4n) is 2.15. The van der Waals surface area contributed by atoms with Crippen LogP contribution in [0.5, 0.6) is 11.5 Å². The second-order valence-electron chi connectivity index (χ2n) is 5.45. The van der Waals surface area contributed by atoms with E-state index in [1.807, 2.05) is 0 Å². The van der Waals surface area contributed by atoms with Crippen LogP contribution in [0.25, 0.3) is 10.8 Å². The van der Waals surface area contributed by atoms with Crippen molar-refractivity contribution in [2.75, 3.05) is 13.2 Å². The molecule has 0 fully saturated rings. The molecular formula is C17H20O6. The van der Waals surface area contributed by atoms with Crippen molar-refractivity contribution >= 4 is 16.7 Å². The average Bonchev–Trinajstić information content (AvgIpc) is 2.49. The Morgan fingerprint density at radius 1 is 1.04 bits per heavy atom. The highest BCUT2D eigenvalue weighted by atomic mass is 16.5. The Bertz CT molecular complexity index is 693. The molecule has 0 radical (unpaired) electrons. The fourth-order valence-corrected chi connectivity index (χ4v) is 2.15. The second-order valence-corrected chi connectivity index (χ2v) is 5.45. The minimum absolute atomic E-state index is 0.0152. The Hall–Kier alpha value is -2.31. The number of benzene rings is 2. The van der Waals surface area contributed by atoms with Gasteiger partial charge in [-0.25, -0.2) is 4.79 Å². The Morgan fingerprint density at radius 2 is 1.70 bits per heavy atom. The van der Waals surface area contributed by atoms with Gasteiger partial charge < -0.3 is 24.8 Å². The van der Waals surface area contributed by atoms with Crippen molar-refractivity contribution in [3.05, 3.63) is 35.9 Å². The van der Waals surface area contributed by atoms with Gasteiger partial charge in [0.25, 0.3) is 0 Å². The summed E-state index contributed by atoms with van der Waals surface area (Å²) in [6.45, 7) is 3.36. The zero-order chi connectivity index (χ0) is 17.0. The highest BCUT2D eigenvalue weighted by Gasteiger charge is 2.17. The number of rotatable bonds is 7. The van der Waals surface area contributed by atoms with Gasteiger partial charge in [0, 0.05) is 5.39 Å². The molecule has 2 aromatic rings. The molecule has 23 heavy (non-hydrogen) atoms. The van der Waals surface area contributed by atoms with Gasteiger partial charge in [-0.3, -0.25) is 0 Å². The molecule has 2 atom stereocenters. The number of carboxylic acids is 1. The maximum Gasteiger partial charge on any atom is 0.340 e. The molecule has 0 saturated carbocycles. The van der Waals surface area contributed by atoms with Crippen LogP contribution in [0.4, 0.5) is 0 Å². The van der Waals surface area contributed by atoms with E-state index in [1.165, 1.54) is 0 Å². The normalized spacial score (nSPS) is 13.6. The Kier molecular flexibility index (Phi) is 5.41. The molecular weight excluding hydrogens is 300 g/mol. The summed E-state index contributed by atoms with van der Waals surface area (Å²) in [5.41, 5.74) is 0.0465. The molecule has 0 aromatic heterocycles. The SMILES string of the molecule is CC(O)COc1ccc2c(C(=O)O)c(OCC(C)O)ccc2c1. The van der Waals surface area contributed by atoms with Crippen LogP contribution in [0, 0.1) is 0 Å². The molecule has 0 heterocycles. The van der Waals surface area contributed by atoms with Crippen LogP contribution in [0.2, 0.25) is 0 Å². The zero-order valence-corrected chi connectivity index (χ0v) is 13.0. The molecule has 0 saturated heterocycles. The summed E-state index contributed by atoms with van der Waals surface area (Å²) in [6.07, 6.45) is -1.28. The highest BCUT2D eigenvalue weighted by Crippen LogP contribution is 2.31. The molecule has 0 spiro atoms. The Morgan fingerprint density at radius 3 is 2.30 bits per heavy atom. The number of hydrogen-bond acceptors (Lipinski definition) is 5. The highest BCUT2D eigenvalue weighted by molar-refractivity contribution is 6.06. The van der Waals surface area contributed by atoms with Gasteiger partial charge in [-0.1, -0.05) is 6.07 Å². The molecule has 3 N–H and O–H groups in total. The van der Waals surface area contributed by atoms with E-state index in [4.69, 9.17) is 9.47 Å². The first-order valence-corrected chi connectivity index (χ1v) is 7.30. The van der Waals surface area contributed by atoms with Crippen LogP contribution in [0.15, 0.2) is 30.3 Å². The molecule has 2 rings (SSSR count). The summed E-state index contributed by atoms with van der Waals surface area (Å²) >= 11 is 0. The summed E-state index contributed by atoms with van der Waals surface area (Å²) in [6, 6.07) is 8.30. The summed E-state index contributed by atoms with van der Waals surface area (Å²) in [7, 11) is 0. The van der Waals surface area contributed by atoms with Gasteiger partial charge in [-0.2, -0.15) is 0 Å². The standard InChI is InChI=1S/C17H20O6/c1-10(18)8-22-13-4-5-14-12(7-13)3-6-15(16(14)17(20)21)23-9-11(2)19/h3-7,10-11,18-19H,8-9H2,1-2H3,(H,20,21). The number of aliphatic hydroxyl groups excluding tert-OH is 2.